The molecule has 0 saturated carbocycles. The number of anilines is 2. The standard InChI is InChI=1S/C21H19N3O3/c1-23-18-10-6-7-11-19(18)24(2)21(26)16(20(23)25)12-15-13-17(22-27-15)14-8-4-3-5-9-14/h3-11,13,16H,12H2,1-2H3. The predicted molar refractivity (Wildman–Crippen MR) is 102 cm³/mol. The van der Waals surface area contributed by atoms with Gasteiger partial charge in [-0.2, -0.15) is 0 Å². The third-order valence-corrected chi connectivity index (χ3v) is 4.90. The van der Waals surface area contributed by atoms with Crippen LogP contribution in [0.4, 0.5) is 11.4 Å². The molecular weight excluding hydrogens is 342 g/mol. The summed E-state index contributed by atoms with van der Waals surface area (Å²) >= 11 is 0. The SMILES string of the molecule is CN1C(=O)C(Cc2cc(-c3ccccc3)no2)C(=O)N(C)c2ccccc21. The minimum atomic E-state index is -0.857. The summed E-state index contributed by atoms with van der Waals surface area (Å²) in [7, 11) is 3.38. The van der Waals surface area contributed by atoms with Gasteiger partial charge in [0.25, 0.3) is 0 Å². The van der Waals surface area contributed by atoms with Gasteiger partial charge in [-0.05, 0) is 12.1 Å². The second kappa shape index (κ2) is 6.72. The Hall–Kier alpha value is -3.41. The predicted octanol–water partition coefficient (Wildman–Crippen LogP) is 3.14. The number of nitrogens with zero attached hydrogens (tertiary/aromatic N) is 3. The molecule has 27 heavy (non-hydrogen) atoms. The number of amides is 2. The fourth-order valence-corrected chi connectivity index (χ4v) is 3.37. The quantitative estimate of drug-likeness (QED) is 0.672. The summed E-state index contributed by atoms with van der Waals surface area (Å²) in [5.74, 6) is -0.860. The monoisotopic (exact) mass is 361 g/mol. The van der Waals surface area contributed by atoms with Crippen LogP contribution in [-0.2, 0) is 16.0 Å². The third-order valence-electron chi connectivity index (χ3n) is 4.90. The van der Waals surface area contributed by atoms with Crippen molar-refractivity contribution in [2.75, 3.05) is 23.9 Å². The molecule has 6 nitrogen and oxygen atoms in total. The number of carbonyl (C=O) groups excluding carboxylic acids is 2. The molecule has 0 radical (unpaired) electrons. The summed E-state index contributed by atoms with van der Waals surface area (Å²) in [5.41, 5.74) is 3.03. The van der Waals surface area contributed by atoms with Gasteiger partial charge in [0.15, 0.2) is 0 Å². The Morgan fingerprint density at radius 3 is 2.04 bits per heavy atom. The van der Waals surface area contributed by atoms with Crippen molar-refractivity contribution in [3.8, 4) is 11.3 Å². The maximum Gasteiger partial charge on any atom is 0.239 e. The Morgan fingerprint density at radius 2 is 1.44 bits per heavy atom. The average Bonchev–Trinajstić information content (AvgIpc) is 3.17. The first kappa shape index (κ1) is 17.0. The van der Waals surface area contributed by atoms with Gasteiger partial charge in [0, 0.05) is 32.1 Å². The minimum absolute atomic E-state index is 0.167. The van der Waals surface area contributed by atoms with Gasteiger partial charge in [-0.1, -0.05) is 47.6 Å². The van der Waals surface area contributed by atoms with Crippen LogP contribution < -0.4 is 9.80 Å². The van der Waals surface area contributed by atoms with Crippen LogP contribution in [0, 0.1) is 5.92 Å². The minimum Gasteiger partial charge on any atom is -0.361 e. The first-order valence-corrected chi connectivity index (χ1v) is 8.71. The molecule has 0 atom stereocenters. The van der Waals surface area contributed by atoms with Crippen LogP contribution in [0.15, 0.2) is 65.2 Å². The molecule has 2 heterocycles. The van der Waals surface area contributed by atoms with E-state index in [1.165, 1.54) is 9.80 Å². The lowest BCUT2D eigenvalue weighted by Gasteiger charge is -2.19. The molecule has 0 N–H and O–H groups in total. The molecule has 1 aliphatic heterocycles. The Balaban J connectivity index is 1.64. The van der Waals surface area contributed by atoms with Crippen LogP contribution in [0.2, 0.25) is 0 Å². The first-order chi connectivity index (χ1) is 13.1. The highest BCUT2D eigenvalue weighted by atomic mass is 16.5. The van der Waals surface area contributed by atoms with Crippen LogP contribution >= 0.6 is 0 Å². The summed E-state index contributed by atoms with van der Waals surface area (Å²) in [6, 6.07) is 18.8. The fourth-order valence-electron chi connectivity index (χ4n) is 3.37. The van der Waals surface area contributed by atoms with Gasteiger partial charge in [-0.3, -0.25) is 9.59 Å². The van der Waals surface area contributed by atoms with E-state index in [-0.39, 0.29) is 18.2 Å². The van der Waals surface area contributed by atoms with E-state index >= 15 is 0 Å². The lowest BCUT2D eigenvalue weighted by molar-refractivity contribution is -0.131. The Morgan fingerprint density at radius 1 is 0.889 bits per heavy atom. The van der Waals surface area contributed by atoms with Crippen molar-refractivity contribution in [2.45, 2.75) is 6.42 Å². The molecule has 2 amide bonds. The number of hydrogen-bond acceptors (Lipinski definition) is 4. The zero-order valence-electron chi connectivity index (χ0n) is 15.1. The largest absolute Gasteiger partial charge is 0.361 e. The molecule has 4 rings (SSSR count). The molecule has 1 aromatic heterocycles. The van der Waals surface area contributed by atoms with Crippen LogP contribution in [0.1, 0.15) is 5.76 Å². The summed E-state index contributed by atoms with van der Waals surface area (Å²) in [6.07, 6.45) is 0.167. The smallest absolute Gasteiger partial charge is 0.239 e. The van der Waals surface area contributed by atoms with Gasteiger partial charge < -0.3 is 14.3 Å². The highest BCUT2D eigenvalue weighted by Crippen LogP contribution is 2.34. The lowest BCUT2D eigenvalue weighted by atomic mass is 10.0. The summed E-state index contributed by atoms with van der Waals surface area (Å²) in [5, 5.41) is 4.08. The highest BCUT2D eigenvalue weighted by molar-refractivity contribution is 6.17. The van der Waals surface area contributed by atoms with Gasteiger partial charge in [0.2, 0.25) is 11.8 Å². The van der Waals surface area contributed by atoms with E-state index in [1.807, 2.05) is 54.6 Å². The van der Waals surface area contributed by atoms with Crippen molar-refractivity contribution in [1.82, 2.24) is 5.16 Å². The zero-order valence-corrected chi connectivity index (χ0v) is 15.1. The molecule has 1 aliphatic rings. The fraction of sp³-hybridized carbons (Fsp3) is 0.190. The molecule has 0 bridgehead atoms. The topological polar surface area (TPSA) is 66.7 Å². The van der Waals surface area contributed by atoms with Gasteiger partial charge >= 0.3 is 0 Å². The number of rotatable bonds is 3. The third kappa shape index (κ3) is 2.99. The second-order valence-electron chi connectivity index (χ2n) is 6.58. The van der Waals surface area contributed by atoms with Crippen molar-refractivity contribution in [2.24, 2.45) is 5.92 Å². The summed E-state index contributed by atoms with van der Waals surface area (Å²) in [6.45, 7) is 0. The van der Waals surface area contributed by atoms with Crippen LogP contribution in [-0.4, -0.2) is 31.1 Å². The maximum atomic E-state index is 13.0. The molecule has 136 valence electrons. The number of hydrogen-bond donors (Lipinski definition) is 0. The van der Waals surface area contributed by atoms with Crippen LogP contribution in [0.25, 0.3) is 11.3 Å². The van der Waals surface area contributed by atoms with E-state index in [0.717, 1.165) is 5.56 Å². The molecule has 0 saturated heterocycles. The normalized spacial score (nSPS) is 15.0. The maximum absolute atomic E-state index is 13.0. The Labute approximate surface area is 157 Å². The number of para-hydroxylation sites is 2. The van der Waals surface area contributed by atoms with Crippen molar-refractivity contribution >= 4 is 23.2 Å². The van der Waals surface area contributed by atoms with Gasteiger partial charge in [0.05, 0.1) is 11.4 Å². The van der Waals surface area contributed by atoms with Crippen LogP contribution in [0.3, 0.4) is 0 Å². The molecule has 6 heteroatoms. The van der Waals surface area contributed by atoms with E-state index in [9.17, 15) is 9.59 Å². The molecule has 2 aromatic carbocycles. The molecule has 0 aliphatic carbocycles. The molecule has 3 aromatic rings. The number of carbonyl (C=O) groups is 2. The van der Waals surface area contributed by atoms with Gasteiger partial charge in [0.1, 0.15) is 17.4 Å². The number of benzene rings is 2. The second-order valence-corrected chi connectivity index (χ2v) is 6.58. The van der Waals surface area contributed by atoms with Crippen molar-refractivity contribution in [1.29, 1.82) is 0 Å². The summed E-state index contributed by atoms with van der Waals surface area (Å²) in [4.78, 5) is 29.0. The summed E-state index contributed by atoms with van der Waals surface area (Å²) < 4.78 is 5.42. The highest BCUT2D eigenvalue weighted by Gasteiger charge is 2.38. The molecule has 0 fully saturated rings. The Kier molecular flexibility index (Phi) is 4.24. The van der Waals surface area contributed by atoms with E-state index in [4.69, 9.17) is 4.52 Å². The lowest BCUT2D eigenvalue weighted by Crippen LogP contribution is -2.40. The first-order valence-electron chi connectivity index (χ1n) is 8.71. The number of fused-ring (bicyclic) bond motifs is 1. The van der Waals surface area contributed by atoms with Crippen LogP contribution in [0.5, 0.6) is 0 Å². The van der Waals surface area contributed by atoms with Gasteiger partial charge in [-0.15, -0.1) is 0 Å². The van der Waals surface area contributed by atoms with E-state index < -0.39 is 5.92 Å². The van der Waals surface area contributed by atoms with E-state index in [2.05, 4.69) is 5.16 Å². The zero-order chi connectivity index (χ0) is 19.0. The van der Waals surface area contributed by atoms with E-state index in [1.54, 1.807) is 20.2 Å². The Bertz CT molecular complexity index is 956. The van der Waals surface area contributed by atoms with Crippen molar-refractivity contribution in [3.05, 3.63) is 66.4 Å². The van der Waals surface area contributed by atoms with Crippen molar-refractivity contribution in [3.63, 3.8) is 0 Å². The molecular formula is C21H19N3O3. The number of aromatic nitrogens is 1. The van der Waals surface area contributed by atoms with Crippen molar-refractivity contribution < 1.29 is 14.1 Å². The molecule has 0 spiro atoms. The van der Waals surface area contributed by atoms with E-state index in [0.29, 0.717) is 22.8 Å². The average molecular weight is 361 g/mol. The molecule has 0 unspecified atom stereocenters. The van der Waals surface area contributed by atoms with Gasteiger partial charge in [-0.25, -0.2) is 0 Å².